The zero-order chi connectivity index (χ0) is 23.7. The minimum absolute atomic E-state index is 0.000109. The number of likely N-dealkylation sites (tertiary alicyclic amines) is 1. The summed E-state index contributed by atoms with van der Waals surface area (Å²) in [5.41, 5.74) is 2.74. The Kier molecular flexibility index (Phi) is 6.40. The van der Waals surface area contributed by atoms with E-state index >= 15 is 0 Å². The van der Waals surface area contributed by atoms with E-state index in [4.69, 9.17) is 23.2 Å². The molecule has 6 nitrogen and oxygen atoms in total. The number of carbonyl (C=O) groups excluding carboxylic acids is 2. The fourth-order valence-corrected chi connectivity index (χ4v) is 4.13. The zero-order valence-corrected chi connectivity index (χ0v) is 19.5. The summed E-state index contributed by atoms with van der Waals surface area (Å²) in [5.74, 6) is -1.76. The van der Waals surface area contributed by atoms with Gasteiger partial charge in [-0.25, -0.2) is 0 Å². The fourth-order valence-electron chi connectivity index (χ4n) is 3.83. The van der Waals surface area contributed by atoms with Gasteiger partial charge >= 0.3 is 0 Å². The highest BCUT2D eigenvalue weighted by molar-refractivity contribution is 6.46. The Morgan fingerprint density at radius 1 is 1.06 bits per heavy atom. The van der Waals surface area contributed by atoms with E-state index in [0.29, 0.717) is 16.1 Å². The Labute approximate surface area is 201 Å². The van der Waals surface area contributed by atoms with Crippen LogP contribution in [0.25, 0.3) is 5.76 Å². The Morgan fingerprint density at radius 3 is 2.39 bits per heavy atom. The van der Waals surface area contributed by atoms with Crippen LogP contribution in [0, 0.1) is 0 Å². The van der Waals surface area contributed by atoms with Gasteiger partial charge in [0, 0.05) is 44.3 Å². The van der Waals surface area contributed by atoms with Gasteiger partial charge in [-0.05, 0) is 47.5 Å². The molecule has 8 heteroatoms. The van der Waals surface area contributed by atoms with Crippen molar-refractivity contribution in [3.63, 3.8) is 0 Å². The van der Waals surface area contributed by atoms with Crippen molar-refractivity contribution in [1.82, 2.24) is 9.88 Å². The minimum atomic E-state index is -0.782. The van der Waals surface area contributed by atoms with Crippen molar-refractivity contribution in [1.29, 1.82) is 0 Å². The van der Waals surface area contributed by atoms with Crippen LogP contribution in [0.15, 0.2) is 72.6 Å². The average Bonchev–Trinajstić information content (AvgIpc) is 3.06. The van der Waals surface area contributed by atoms with Crippen LogP contribution in [-0.2, 0) is 16.1 Å². The summed E-state index contributed by atoms with van der Waals surface area (Å²) in [5, 5.41) is 11.7. The maximum Gasteiger partial charge on any atom is 0.295 e. The van der Waals surface area contributed by atoms with Gasteiger partial charge in [0.1, 0.15) is 5.76 Å². The van der Waals surface area contributed by atoms with E-state index in [-0.39, 0.29) is 22.9 Å². The van der Waals surface area contributed by atoms with E-state index < -0.39 is 17.7 Å². The number of Topliss-reactive ketones (excluding diaryl/α,β-unsaturated/α-hetero) is 1. The first-order chi connectivity index (χ1) is 15.8. The van der Waals surface area contributed by atoms with Crippen molar-refractivity contribution in [2.75, 3.05) is 19.0 Å². The van der Waals surface area contributed by atoms with E-state index in [9.17, 15) is 14.7 Å². The van der Waals surface area contributed by atoms with Gasteiger partial charge in [-0.15, -0.1) is 0 Å². The zero-order valence-electron chi connectivity index (χ0n) is 18.0. The molecule has 2 heterocycles. The molecular weight excluding hydrogens is 461 g/mol. The first kappa shape index (κ1) is 22.8. The molecule has 3 aromatic rings. The standard InChI is InChI=1S/C25H21Cl2N3O3/c1-29(2)18-8-5-16(6-9-18)22-21(23(31)17-7-10-19(26)20(27)12-17)24(32)25(33)30(22)14-15-4-3-11-28-13-15/h3-13,22,31H,14H2,1-2H3/b23-21-. The molecule has 0 bridgehead atoms. The number of aliphatic hydroxyl groups excluding tert-OH is 1. The number of amides is 1. The fraction of sp³-hybridized carbons (Fsp3) is 0.160. The Balaban J connectivity index is 1.86. The van der Waals surface area contributed by atoms with Crippen molar-refractivity contribution in [2.45, 2.75) is 12.6 Å². The van der Waals surface area contributed by atoms with Gasteiger partial charge in [0.15, 0.2) is 0 Å². The molecule has 0 radical (unpaired) electrons. The molecule has 1 aliphatic heterocycles. The molecule has 0 saturated carbocycles. The Morgan fingerprint density at radius 2 is 1.79 bits per heavy atom. The second kappa shape index (κ2) is 9.25. The van der Waals surface area contributed by atoms with E-state index in [1.54, 1.807) is 24.5 Å². The summed E-state index contributed by atoms with van der Waals surface area (Å²) in [6.07, 6.45) is 3.28. The van der Waals surface area contributed by atoms with Crippen LogP contribution < -0.4 is 4.90 Å². The number of hydrogen-bond acceptors (Lipinski definition) is 5. The van der Waals surface area contributed by atoms with Crippen LogP contribution in [0.5, 0.6) is 0 Å². The first-order valence-corrected chi connectivity index (χ1v) is 10.9. The molecule has 168 valence electrons. The predicted molar refractivity (Wildman–Crippen MR) is 129 cm³/mol. The van der Waals surface area contributed by atoms with Gasteiger partial charge in [0.25, 0.3) is 11.7 Å². The number of ketones is 1. The number of benzene rings is 2. The third-order valence-corrected chi connectivity index (χ3v) is 6.27. The molecule has 1 fully saturated rings. The lowest BCUT2D eigenvalue weighted by atomic mass is 9.95. The minimum Gasteiger partial charge on any atom is -0.507 e. The number of hydrogen-bond donors (Lipinski definition) is 1. The van der Waals surface area contributed by atoms with Crippen molar-refractivity contribution in [2.24, 2.45) is 0 Å². The molecule has 0 spiro atoms. The van der Waals surface area contributed by atoms with Crippen molar-refractivity contribution in [3.8, 4) is 0 Å². The molecule has 1 amide bonds. The van der Waals surface area contributed by atoms with Crippen LogP contribution in [0.2, 0.25) is 10.0 Å². The lowest BCUT2D eigenvalue weighted by molar-refractivity contribution is -0.140. The molecule has 1 unspecified atom stereocenters. The SMILES string of the molecule is CN(C)c1ccc(C2/C(=C(/O)c3ccc(Cl)c(Cl)c3)C(=O)C(=O)N2Cc2cccnc2)cc1. The molecule has 1 N–H and O–H groups in total. The number of aromatic nitrogens is 1. The monoisotopic (exact) mass is 481 g/mol. The molecular formula is C25H21Cl2N3O3. The number of anilines is 1. The van der Waals surface area contributed by atoms with Gasteiger partial charge in [0.2, 0.25) is 0 Å². The van der Waals surface area contributed by atoms with Gasteiger partial charge in [-0.2, -0.15) is 0 Å². The van der Waals surface area contributed by atoms with Crippen LogP contribution in [-0.4, -0.2) is 40.8 Å². The topological polar surface area (TPSA) is 73.7 Å². The number of halogens is 2. The van der Waals surface area contributed by atoms with Crippen LogP contribution in [0.1, 0.15) is 22.7 Å². The Bertz CT molecular complexity index is 1240. The summed E-state index contributed by atoms with van der Waals surface area (Å²) in [7, 11) is 3.85. The molecule has 33 heavy (non-hydrogen) atoms. The first-order valence-electron chi connectivity index (χ1n) is 10.2. The molecule has 1 aliphatic rings. The predicted octanol–water partition coefficient (Wildman–Crippen LogP) is 5.08. The summed E-state index contributed by atoms with van der Waals surface area (Å²) >= 11 is 12.1. The highest BCUT2D eigenvalue weighted by Crippen LogP contribution is 2.41. The van der Waals surface area contributed by atoms with Crippen molar-refractivity contribution < 1.29 is 14.7 Å². The number of aliphatic hydroxyl groups is 1. The molecule has 1 atom stereocenters. The van der Waals surface area contributed by atoms with E-state index in [1.165, 1.54) is 17.0 Å². The number of pyridine rings is 1. The maximum atomic E-state index is 13.1. The molecule has 4 rings (SSSR count). The normalized spacial score (nSPS) is 17.5. The van der Waals surface area contributed by atoms with Gasteiger partial charge in [0.05, 0.1) is 21.7 Å². The second-order valence-corrected chi connectivity index (χ2v) is 8.72. The summed E-state index contributed by atoms with van der Waals surface area (Å²) in [6, 6.07) is 14.9. The van der Waals surface area contributed by atoms with Crippen LogP contribution in [0.3, 0.4) is 0 Å². The quantitative estimate of drug-likeness (QED) is 0.312. The van der Waals surface area contributed by atoms with Crippen molar-refractivity contribution >= 4 is 46.3 Å². The Hall–Kier alpha value is -3.35. The number of rotatable bonds is 5. The van der Waals surface area contributed by atoms with E-state index in [0.717, 1.165) is 11.3 Å². The maximum absolute atomic E-state index is 13.1. The second-order valence-electron chi connectivity index (χ2n) is 7.90. The molecule has 2 aromatic carbocycles. The summed E-state index contributed by atoms with van der Waals surface area (Å²) in [6.45, 7) is 0.163. The molecule has 1 aromatic heterocycles. The highest BCUT2D eigenvalue weighted by Gasteiger charge is 2.46. The van der Waals surface area contributed by atoms with Gasteiger partial charge in [-0.1, -0.05) is 41.4 Å². The molecule has 1 saturated heterocycles. The van der Waals surface area contributed by atoms with Crippen LogP contribution in [0.4, 0.5) is 5.69 Å². The van der Waals surface area contributed by atoms with E-state index in [2.05, 4.69) is 4.98 Å². The summed E-state index contributed by atoms with van der Waals surface area (Å²) in [4.78, 5) is 33.7. The highest BCUT2D eigenvalue weighted by atomic mass is 35.5. The van der Waals surface area contributed by atoms with Crippen molar-refractivity contribution in [3.05, 3.63) is 99.3 Å². The smallest absolute Gasteiger partial charge is 0.295 e. The number of nitrogens with zero attached hydrogens (tertiary/aromatic N) is 3. The average molecular weight is 482 g/mol. The largest absolute Gasteiger partial charge is 0.507 e. The van der Waals surface area contributed by atoms with Gasteiger partial charge < -0.3 is 14.9 Å². The lowest BCUT2D eigenvalue weighted by Gasteiger charge is -2.26. The molecule has 0 aliphatic carbocycles. The lowest BCUT2D eigenvalue weighted by Crippen LogP contribution is -2.29. The van der Waals surface area contributed by atoms with Crippen LogP contribution >= 0.6 is 23.2 Å². The third kappa shape index (κ3) is 4.45. The summed E-state index contributed by atoms with van der Waals surface area (Å²) < 4.78 is 0. The van der Waals surface area contributed by atoms with Gasteiger partial charge in [-0.3, -0.25) is 14.6 Å². The van der Waals surface area contributed by atoms with E-state index in [1.807, 2.05) is 49.3 Å². The third-order valence-electron chi connectivity index (χ3n) is 5.53. The number of carbonyl (C=O) groups is 2.